The van der Waals surface area contributed by atoms with Crippen molar-refractivity contribution in [2.45, 2.75) is 25.3 Å². The van der Waals surface area contributed by atoms with Crippen LogP contribution in [0.15, 0.2) is 48.0 Å². The maximum Gasteiger partial charge on any atom is 0.231 e. The van der Waals surface area contributed by atoms with Crippen LogP contribution < -0.4 is 5.73 Å². The van der Waals surface area contributed by atoms with Crippen LogP contribution in [0.25, 0.3) is 5.52 Å². The van der Waals surface area contributed by atoms with E-state index in [0.717, 1.165) is 11.1 Å². The number of aliphatic imine (C=N–C) groups is 1. The number of carbonyl (C=O) groups is 2. The molecule has 4 rings (SSSR count). The molecule has 4 heterocycles. The van der Waals surface area contributed by atoms with Gasteiger partial charge in [0.2, 0.25) is 5.91 Å². The first-order valence-electron chi connectivity index (χ1n) is 8.99. The molecule has 8 nitrogen and oxygen atoms in total. The molecule has 1 amide bonds. The topological polar surface area (TPSA) is 106 Å². The molecule has 0 saturated carbocycles. The molecule has 29 heavy (non-hydrogen) atoms. The molecule has 2 N–H and O–H groups in total. The first-order chi connectivity index (χ1) is 13.7. The van der Waals surface area contributed by atoms with Crippen molar-refractivity contribution < 1.29 is 9.59 Å². The summed E-state index contributed by atoms with van der Waals surface area (Å²) in [5.74, 6) is -0.114. The molecule has 1 atom stereocenters. The number of Topliss-reactive ketones (excluding diaryl/α,β-unsaturated/α-hetero) is 1. The van der Waals surface area contributed by atoms with Gasteiger partial charge in [-0.25, -0.2) is 9.98 Å². The van der Waals surface area contributed by atoms with Crippen LogP contribution in [0.3, 0.4) is 0 Å². The third kappa shape index (κ3) is 3.58. The number of hydrogen-bond donors (Lipinski definition) is 1. The zero-order valence-corrected chi connectivity index (χ0v) is 16.7. The highest BCUT2D eigenvalue weighted by atomic mass is 35.5. The fraction of sp³-hybridized carbons (Fsp3) is 0.250. The summed E-state index contributed by atoms with van der Waals surface area (Å²) in [5.41, 5.74) is 7.51. The Balaban J connectivity index is 1.60. The first-order valence-corrected chi connectivity index (χ1v) is 9.37. The molecule has 0 aliphatic carbocycles. The lowest BCUT2D eigenvalue weighted by Crippen LogP contribution is -2.47. The van der Waals surface area contributed by atoms with E-state index in [2.05, 4.69) is 15.0 Å². The third-order valence-electron chi connectivity index (χ3n) is 5.05. The van der Waals surface area contributed by atoms with E-state index in [1.807, 2.05) is 6.92 Å². The number of halogens is 1. The summed E-state index contributed by atoms with van der Waals surface area (Å²) in [5, 5.41) is 0.580. The van der Waals surface area contributed by atoms with Crippen molar-refractivity contribution in [2.24, 2.45) is 10.7 Å². The maximum absolute atomic E-state index is 12.7. The van der Waals surface area contributed by atoms with E-state index in [4.69, 9.17) is 17.3 Å². The maximum atomic E-state index is 12.7. The second kappa shape index (κ2) is 6.97. The molecule has 0 bridgehead atoms. The number of nitrogens with two attached hydrogens (primary N) is 1. The highest BCUT2D eigenvalue weighted by molar-refractivity contribution is 6.31. The minimum atomic E-state index is -0.868. The van der Waals surface area contributed by atoms with Crippen LogP contribution in [0.5, 0.6) is 0 Å². The van der Waals surface area contributed by atoms with Gasteiger partial charge in [0.1, 0.15) is 11.2 Å². The lowest BCUT2D eigenvalue weighted by atomic mass is 9.90. The Kier molecular flexibility index (Phi) is 4.58. The number of hydrogen-bond acceptors (Lipinski definition) is 6. The van der Waals surface area contributed by atoms with Crippen LogP contribution in [0, 0.1) is 0 Å². The van der Waals surface area contributed by atoms with E-state index in [9.17, 15) is 9.59 Å². The van der Waals surface area contributed by atoms with Gasteiger partial charge >= 0.3 is 0 Å². The number of carbonyl (C=O) groups excluding carboxylic acids is 2. The van der Waals surface area contributed by atoms with Crippen LogP contribution in [0.1, 0.15) is 35.1 Å². The fourth-order valence-corrected chi connectivity index (χ4v) is 3.56. The van der Waals surface area contributed by atoms with Gasteiger partial charge in [-0.1, -0.05) is 11.6 Å². The summed E-state index contributed by atoms with van der Waals surface area (Å²) in [7, 11) is 1.59. The fourth-order valence-electron chi connectivity index (χ4n) is 3.34. The first kappa shape index (κ1) is 19.1. The molecule has 9 heteroatoms. The SMILES string of the molecule is CN1C(=O)CC(C)(c2cc(CC(=O)c3cc4cc(Cl)cn4cn3)ccn2)N=C1N. The molecule has 3 aromatic heterocycles. The Hall–Kier alpha value is -3.26. The summed E-state index contributed by atoms with van der Waals surface area (Å²) in [6.07, 6.45) is 5.21. The minimum absolute atomic E-state index is 0.130. The number of pyridine rings is 1. The van der Waals surface area contributed by atoms with Gasteiger partial charge in [-0.15, -0.1) is 0 Å². The predicted molar refractivity (Wildman–Crippen MR) is 109 cm³/mol. The van der Waals surface area contributed by atoms with Crippen LogP contribution in [0.2, 0.25) is 5.02 Å². The summed E-state index contributed by atoms with van der Waals surface area (Å²) in [6, 6.07) is 7.03. The molecule has 1 unspecified atom stereocenters. The van der Waals surface area contributed by atoms with E-state index < -0.39 is 5.54 Å². The zero-order chi connectivity index (χ0) is 20.8. The number of rotatable bonds is 4. The number of nitrogens with zero attached hydrogens (tertiary/aromatic N) is 5. The Morgan fingerprint density at radius 2 is 2.10 bits per heavy atom. The van der Waals surface area contributed by atoms with E-state index in [1.54, 1.807) is 54.4 Å². The molecule has 0 aromatic carbocycles. The Labute approximate surface area is 172 Å². The van der Waals surface area contributed by atoms with E-state index in [1.165, 1.54) is 4.90 Å². The largest absolute Gasteiger partial charge is 0.369 e. The predicted octanol–water partition coefficient (Wildman–Crippen LogP) is 2.20. The van der Waals surface area contributed by atoms with Gasteiger partial charge in [-0.05, 0) is 36.8 Å². The summed E-state index contributed by atoms with van der Waals surface area (Å²) in [4.78, 5) is 39.3. The highest BCUT2D eigenvalue weighted by Crippen LogP contribution is 2.32. The Morgan fingerprint density at radius 1 is 1.31 bits per heavy atom. The summed E-state index contributed by atoms with van der Waals surface area (Å²) >= 11 is 5.99. The lowest BCUT2D eigenvalue weighted by Gasteiger charge is -2.32. The van der Waals surface area contributed by atoms with Gasteiger partial charge in [0.15, 0.2) is 11.7 Å². The van der Waals surface area contributed by atoms with Crippen molar-refractivity contribution in [3.8, 4) is 0 Å². The molecule has 0 fully saturated rings. The number of amides is 1. The third-order valence-corrected chi connectivity index (χ3v) is 5.26. The Bertz CT molecular complexity index is 1170. The van der Waals surface area contributed by atoms with Crippen LogP contribution in [-0.2, 0) is 16.8 Å². The normalized spacial score (nSPS) is 19.5. The van der Waals surface area contributed by atoms with Crippen molar-refractivity contribution in [1.29, 1.82) is 0 Å². The molecule has 3 aromatic rings. The van der Waals surface area contributed by atoms with Gasteiger partial charge in [0.05, 0.1) is 29.0 Å². The summed E-state index contributed by atoms with van der Waals surface area (Å²) in [6.45, 7) is 1.81. The smallest absolute Gasteiger partial charge is 0.231 e. The zero-order valence-electron chi connectivity index (χ0n) is 16.0. The summed E-state index contributed by atoms with van der Waals surface area (Å²) < 4.78 is 1.75. The quantitative estimate of drug-likeness (QED) is 0.663. The second-order valence-electron chi connectivity index (χ2n) is 7.29. The van der Waals surface area contributed by atoms with Crippen molar-refractivity contribution >= 4 is 34.8 Å². The van der Waals surface area contributed by atoms with E-state index in [-0.39, 0.29) is 30.5 Å². The molecular formula is C20H19ClN6O2. The van der Waals surface area contributed by atoms with Crippen molar-refractivity contribution in [1.82, 2.24) is 19.3 Å². The minimum Gasteiger partial charge on any atom is -0.369 e. The van der Waals surface area contributed by atoms with Gasteiger partial charge in [0.25, 0.3) is 0 Å². The number of ketones is 1. The number of fused-ring (bicyclic) bond motifs is 1. The monoisotopic (exact) mass is 410 g/mol. The van der Waals surface area contributed by atoms with Crippen LogP contribution in [0.4, 0.5) is 0 Å². The molecule has 0 spiro atoms. The second-order valence-corrected chi connectivity index (χ2v) is 7.72. The van der Waals surface area contributed by atoms with Gasteiger partial charge < -0.3 is 10.1 Å². The number of guanidine groups is 1. The average Bonchev–Trinajstić information content (AvgIpc) is 3.05. The standard InChI is InChI=1S/C20H19ClN6O2/c1-20(9-18(29)26(2)19(22)25-20)17-6-12(3-4-23-17)5-16(28)15-8-14-7-13(21)10-27(14)11-24-15/h3-4,6-8,10-11H,5,9H2,1-2H3,(H2,22,25). The molecular weight excluding hydrogens is 392 g/mol. The Morgan fingerprint density at radius 3 is 2.86 bits per heavy atom. The van der Waals surface area contributed by atoms with E-state index in [0.29, 0.717) is 16.4 Å². The van der Waals surface area contributed by atoms with Gasteiger partial charge in [-0.2, -0.15) is 0 Å². The van der Waals surface area contributed by atoms with Crippen molar-refractivity contribution in [3.05, 3.63) is 65.0 Å². The number of aromatic nitrogens is 3. The van der Waals surface area contributed by atoms with Gasteiger partial charge in [0, 0.05) is 25.9 Å². The highest BCUT2D eigenvalue weighted by Gasteiger charge is 2.37. The average molecular weight is 411 g/mol. The molecule has 1 aliphatic rings. The van der Waals surface area contributed by atoms with Gasteiger partial charge in [-0.3, -0.25) is 19.5 Å². The molecule has 148 valence electrons. The molecule has 0 radical (unpaired) electrons. The van der Waals surface area contributed by atoms with Crippen LogP contribution >= 0.6 is 11.6 Å². The van der Waals surface area contributed by atoms with Crippen molar-refractivity contribution in [2.75, 3.05) is 7.05 Å². The lowest BCUT2D eigenvalue weighted by molar-refractivity contribution is -0.128. The molecule has 1 aliphatic heterocycles. The van der Waals surface area contributed by atoms with E-state index >= 15 is 0 Å². The van der Waals surface area contributed by atoms with Crippen LogP contribution in [-0.4, -0.2) is 44.0 Å². The van der Waals surface area contributed by atoms with Crippen molar-refractivity contribution in [3.63, 3.8) is 0 Å². The molecule has 0 saturated heterocycles.